The standard InChI is InChI=1S/C14H18N4O2/c1-2-17-7-3-5-10(17)9-12-15-16-13-11(14(19)20)6-4-8-18(12)13/h4,6,8,10H,2-3,5,7,9H2,1H3,(H,19,20). The maximum absolute atomic E-state index is 11.2. The number of carboxylic acids is 1. The molecule has 106 valence electrons. The average molecular weight is 274 g/mol. The zero-order valence-electron chi connectivity index (χ0n) is 11.5. The van der Waals surface area contributed by atoms with Crippen molar-refractivity contribution in [3.8, 4) is 0 Å². The normalized spacial score (nSPS) is 19.8. The molecule has 1 fully saturated rings. The SMILES string of the molecule is CCN1CCCC1Cc1nnc2c(C(=O)O)cccn12. The van der Waals surface area contributed by atoms with Crippen molar-refractivity contribution in [2.75, 3.05) is 13.1 Å². The Morgan fingerprint density at radius 2 is 2.35 bits per heavy atom. The lowest BCUT2D eigenvalue weighted by atomic mass is 10.1. The second-order valence-electron chi connectivity index (χ2n) is 5.17. The maximum atomic E-state index is 11.2. The molecule has 1 aliphatic rings. The van der Waals surface area contributed by atoms with E-state index in [1.807, 2.05) is 6.20 Å². The minimum Gasteiger partial charge on any atom is -0.478 e. The van der Waals surface area contributed by atoms with E-state index < -0.39 is 5.97 Å². The Balaban J connectivity index is 1.93. The summed E-state index contributed by atoms with van der Waals surface area (Å²) in [5, 5.41) is 17.4. The van der Waals surface area contributed by atoms with E-state index in [2.05, 4.69) is 22.0 Å². The van der Waals surface area contributed by atoms with Crippen molar-refractivity contribution in [1.29, 1.82) is 0 Å². The van der Waals surface area contributed by atoms with Crippen molar-refractivity contribution >= 4 is 11.6 Å². The lowest BCUT2D eigenvalue weighted by molar-refractivity contribution is 0.0698. The molecule has 0 aliphatic carbocycles. The van der Waals surface area contributed by atoms with Crippen LogP contribution >= 0.6 is 0 Å². The molecule has 0 bridgehead atoms. The van der Waals surface area contributed by atoms with Gasteiger partial charge in [-0.15, -0.1) is 10.2 Å². The van der Waals surface area contributed by atoms with Crippen LogP contribution in [0.2, 0.25) is 0 Å². The smallest absolute Gasteiger partial charge is 0.339 e. The largest absolute Gasteiger partial charge is 0.478 e. The van der Waals surface area contributed by atoms with Gasteiger partial charge in [0.05, 0.1) is 0 Å². The number of rotatable bonds is 4. The molecule has 2 aromatic rings. The number of hydrogen-bond acceptors (Lipinski definition) is 4. The van der Waals surface area contributed by atoms with Crippen molar-refractivity contribution < 1.29 is 9.90 Å². The first-order valence-electron chi connectivity index (χ1n) is 7.00. The number of likely N-dealkylation sites (tertiary alicyclic amines) is 1. The van der Waals surface area contributed by atoms with Gasteiger partial charge in [0.25, 0.3) is 0 Å². The third kappa shape index (κ3) is 2.16. The van der Waals surface area contributed by atoms with Gasteiger partial charge in [0.15, 0.2) is 5.65 Å². The van der Waals surface area contributed by atoms with Crippen LogP contribution in [0.5, 0.6) is 0 Å². The number of pyridine rings is 1. The minimum atomic E-state index is -0.967. The molecule has 0 amide bonds. The Bertz CT molecular complexity index is 637. The zero-order chi connectivity index (χ0) is 14.1. The average Bonchev–Trinajstić information content (AvgIpc) is 3.06. The number of hydrogen-bond donors (Lipinski definition) is 1. The van der Waals surface area contributed by atoms with Gasteiger partial charge in [-0.05, 0) is 38.1 Å². The first-order valence-corrected chi connectivity index (χ1v) is 7.00. The summed E-state index contributed by atoms with van der Waals surface area (Å²) in [6.45, 7) is 4.35. The Morgan fingerprint density at radius 3 is 3.10 bits per heavy atom. The molecule has 3 heterocycles. The summed E-state index contributed by atoms with van der Waals surface area (Å²) in [7, 11) is 0. The van der Waals surface area contributed by atoms with Crippen LogP contribution in [0.1, 0.15) is 35.9 Å². The van der Waals surface area contributed by atoms with Crippen LogP contribution in [-0.4, -0.2) is 49.7 Å². The Hall–Kier alpha value is -1.95. The van der Waals surface area contributed by atoms with E-state index >= 15 is 0 Å². The van der Waals surface area contributed by atoms with Crippen molar-refractivity contribution in [1.82, 2.24) is 19.5 Å². The Labute approximate surface area is 117 Å². The summed E-state index contributed by atoms with van der Waals surface area (Å²) in [6.07, 6.45) is 5.04. The highest BCUT2D eigenvalue weighted by atomic mass is 16.4. The quantitative estimate of drug-likeness (QED) is 0.913. The number of nitrogens with zero attached hydrogens (tertiary/aromatic N) is 4. The Morgan fingerprint density at radius 1 is 1.50 bits per heavy atom. The predicted octanol–water partition coefficient (Wildman–Crippen LogP) is 1.45. The second kappa shape index (κ2) is 5.20. The van der Waals surface area contributed by atoms with Gasteiger partial charge in [-0.1, -0.05) is 6.92 Å². The summed E-state index contributed by atoms with van der Waals surface area (Å²) in [4.78, 5) is 13.6. The molecule has 0 radical (unpaired) electrons. The van der Waals surface area contributed by atoms with Crippen LogP contribution in [0, 0.1) is 0 Å². The van der Waals surface area contributed by atoms with Gasteiger partial charge in [-0.2, -0.15) is 0 Å². The summed E-state index contributed by atoms with van der Waals surface area (Å²) in [5.74, 6) is -0.126. The highest BCUT2D eigenvalue weighted by Gasteiger charge is 2.25. The summed E-state index contributed by atoms with van der Waals surface area (Å²) >= 11 is 0. The summed E-state index contributed by atoms with van der Waals surface area (Å²) < 4.78 is 1.80. The van der Waals surface area contributed by atoms with Crippen LogP contribution in [0.15, 0.2) is 18.3 Å². The topological polar surface area (TPSA) is 70.7 Å². The number of aromatic nitrogens is 3. The van der Waals surface area contributed by atoms with Crippen molar-refractivity contribution in [2.45, 2.75) is 32.2 Å². The van der Waals surface area contributed by atoms with Crippen LogP contribution in [0.4, 0.5) is 0 Å². The second-order valence-corrected chi connectivity index (χ2v) is 5.17. The number of aromatic carboxylic acids is 1. The van der Waals surface area contributed by atoms with E-state index in [1.165, 1.54) is 12.8 Å². The molecule has 0 spiro atoms. The van der Waals surface area contributed by atoms with E-state index in [-0.39, 0.29) is 5.56 Å². The highest BCUT2D eigenvalue weighted by molar-refractivity contribution is 5.94. The van der Waals surface area contributed by atoms with Gasteiger partial charge < -0.3 is 10.0 Å². The molecule has 0 aromatic carbocycles. The van der Waals surface area contributed by atoms with E-state index in [4.69, 9.17) is 5.11 Å². The van der Waals surface area contributed by atoms with E-state index in [1.54, 1.807) is 16.5 Å². The number of fused-ring (bicyclic) bond motifs is 1. The van der Waals surface area contributed by atoms with E-state index in [0.29, 0.717) is 11.7 Å². The fourth-order valence-corrected chi connectivity index (χ4v) is 3.02. The lowest BCUT2D eigenvalue weighted by Crippen LogP contribution is -2.31. The molecule has 6 heteroatoms. The monoisotopic (exact) mass is 274 g/mol. The molecule has 6 nitrogen and oxygen atoms in total. The number of carbonyl (C=O) groups is 1. The highest BCUT2D eigenvalue weighted by Crippen LogP contribution is 2.21. The maximum Gasteiger partial charge on any atom is 0.339 e. The third-order valence-corrected chi connectivity index (χ3v) is 4.06. The molecule has 20 heavy (non-hydrogen) atoms. The van der Waals surface area contributed by atoms with Crippen molar-refractivity contribution in [3.05, 3.63) is 29.7 Å². The van der Waals surface area contributed by atoms with Crippen molar-refractivity contribution in [2.24, 2.45) is 0 Å². The van der Waals surface area contributed by atoms with Crippen molar-refractivity contribution in [3.63, 3.8) is 0 Å². The van der Waals surface area contributed by atoms with Gasteiger partial charge in [0.1, 0.15) is 11.4 Å². The molecule has 1 aliphatic heterocycles. The predicted molar refractivity (Wildman–Crippen MR) is 73.9 cm³/mol. The van der Waals surface area contributed by atoms with Gasteiger partial charge in [0, 0.05) is 18.7 Å². The summed E-state index contributed by atoms with van der Waals surface area (Å²) in [5.41, 5.74) is 0.626. The fraction of sp³-hybridized carbons (Fsp3) is 0.500. The van der Waals surface area contributed by atoms with Gasteiger partial charge >= 0.3 is 5.97 Å². The molecule has 3 rings (SSSR count). The molecule has 1 atom stereocenters. The van der Waals surface area contributed by atoms with E-state index in [9.17, 15) is 4.79 Å². The first-order chi connectivity index (χ1) is 9.70. The van der Waals surface area contributed by atoms with Gasteiger partial charge in [-0.3, -0.25) is 4.40 Å². The molecule has 2 aromatic heterocycles. The summed E-state index contributed by atoms with van der Waals surface area (Å²) in [6, 6.07) is 3.78. The molecule has 0 saturated carbocycles. The number of likely N-dealkylation sites (N-methyl/N-ethyl adjacent to an activating group) is 1. The molecule has 1 N–H and O–H groups in total. The van der Waals surface area contributed by atoms with E-state index in [0.717, 1.165) is 25.3 Å². The van der Waals surface area contributed by atoms with Gasteiger partial charge in [-0.25, -0.2) is 4.79 Å². The minimum absolute atomic E-state index is 0.199. The molecule has 1 saturated heterocycles. The zero-order valence-corrected chi connectivity index (χ0v) is 11.5. The molecular formula is C14H18N4O2. The Kier molecular flexibility index (Phi) is 3.40. The van der Waals surface area contributed by atoms with Crippen LogP contribution in [-0.2, 0) is 6.42 Å². The van der Waals surface area contributed by atoms with Crippen LogP contribution in [0.3, 0.4) is 0 Å². The van der Waals surface area contributed by atoms with Crippen LogP contribution in [0.25, 0.3) is 5.65 Å². The molecular weight excluding hydrogens is 256 g/mol. The van der Waals surface area contributed by atoms with Gasteiger partial charge in [0.2, 0.25) is 0 Å². The lowest BCUT2D eigenvalue weighted by Gasteiger charge is -2.21. The van der Waals surface area contributed by atoms with Crippen LogP contribution < -0.4 is 0 Å². The fourth-order valence-electron chi connectivity index (χ4n) is 3.02. The third-order valence-electron chi connectivity index (χ3n) is 4.06. The first kappa shape index (κ1) is 13.1. The number of carboxylic acid groups (broad SMARTS) is 1. The molecule has 1 unspecified atom stereocenters.